The minimum Gasteiger partial charge on any atom is -0.460 e. The van der Waals surface area contributed by atoms with Crippen LogP contribution in [0.3, 0.4) is 0 Å². The molecule has 3 rings (SSSR count). The van der Waals surface area contributed by atoms with Crippen LogP contribution in [0.4, 0.5) is 0 Å². The lowest BCUT2D eigenvalue weighted by Gasteiger charge is -1.98. The molecule has 1 aromatic carbocycles. The first-order chi connectivity index (χ1) is 9.35. The van der Waals surface area contributed by atoms with Crippen molar-refractivity contribution >= 4 is 22.3 Å². The van der Waals surface area contributed by atoms with Crippen LogP contribution in [0.15, 0.2) is 40.9 Å². The number of rotatable bonds is 5. The minimum atomic E-state index is 0.732. The molecule has 0 saturated carbocycles. The fraction of sp³-hybridized carbons (Fsp3) is 0.267. The number of hydrogen-bond donors (Lipinski definition) is 1. The Balaban J connectivity index is 1.59. The number of benzene rings is 1. The van der Waals surface area contributed by atoms with Crippen molar-refractivity contribution in [1.29, 1.82) is 0 Å². The van der Waals surface area contributed by atoms with E-state index in [2.05, 4.69) is 29.4 Å². The van der Waals surface area contributed by atoms with Gasteiger partial charge in [-0.15, -0.1) is 11.3 Å². The highest BCUT2D eigenvalue weighted by Crippen LogP contribution is 2.19. The van der Waals surface area contributed by atoms with Gasteiger partial charge in [0.1, 0.15) is 16.4 Å². The van der Waals surface area contributed by atoms with Crippen molar-refractivity contribution in [2.45, 2.75) is 26.4 Å². The predicted octanol–water partition coefficient (Wildman–Crippen LogP) is 3.74. The Kier molecular flexibility index (Phi) is 3.62. The molecule has 0 aliphatic rings. The Labute approximate surface area is 116 Å². The van der Waals surface area contributed by atoms with E-state index in [-0.39, 0.29) is 0 Å². The number of aryl methyl sites for hydroxylation is 1. The zero-order valence-electron chi connectivity index (χ0n) is 10.8. The first-order valence-electron chi connectivity index (χ1n) is 6.47. The molecule has 2 heterocycles. The molecule has 0 saturated heterocycles. The van der Waals surface area contributed by atoms with Crippen molar-refractivity contribution in [3.8, 4) is 0 Å². The molecule has 0 unspecified atom stereocenters. The number of fused-ring (bicyclic) bond motifs is 1. The van der Waals surface area contributed by atoms with Gasteiger partial charge in [0.2, 0.25) is 0 Å². The molecule has 98 valence electrons. The predicted molar refractivity (Wildman–Crippen MR) is 78.2 cm³/mol. The number of nitrogens with one attached hydrogen (secondary N) is 1. The summed E-state index contributed by atoms with van der Waals surface area (Å²) in [5.41, 5.74) is 0.946. The molecular formula is C15H16N2OS. The number of nitrogens with zero attached hydrogens (tertiary/aromatic N) is 1. The molecule has 0 radical (unpaired) electrons. The lowest BCUT2D eigenvalue weighted by atomic mass is 10.2. The summed E-state index contributed by atoms with van der Waals surface area (Å²) in [5.74, 6) is 0.966. The van der Waals surface area contributed by atoms with Gasteiger partial charge in [-0.1, -0.05) is 25.1 Å². The van der Waals surface area contributed by atoms with Crippen LogP contribution in [0, 0.1) is 0 Å². The van der Waals surface area contributed by atoms with Crippen LogP contribution in [0.25, 0.3) is 11.0 Å². The topological polar surface area (TPSA) is 38.1 Å². The van der Waals surface area contributed by atoms with Crippen LogP contribution >= 0.6 is 11.3 Å². The van der Waals surface area contributed by atoms with E-state index in [1.54, 1.807) is 11.3 Å². The Morgan fingerprint density at radius 3 is 2.95 bits per heavy atom. The van der Waals surface area contributed by atoms with Gasteiger partial charge in [-0.05, 0) is 18.6 Å². The maximum absolute atomic E-state index is 5.75. The van der Waals surface area contributed by atoms with Crippen LogP contribution in [0.1, 0.15) is 22.6 Å². The average Bonchev–Trinajstić information content (AvgIpc) is 3.04. The quantitative estimate of drug-likeness (QED) is 0.769. The number of aromatic nitrogens is 1. The van der Waals surface area contributed by atoms with Crippen molar-refractivity contribution in [3.05, 3.63) is 52.2 Å². The Morgan fingerprint density at radius 2 is 2.16 bits per heavy atom. The maximum Gasteiger partial charge on any atom is 0.134 e. The summed E-state index contributed by atoms with van der Waals surface area (Å²) in [6.07, 6.45) is 3.02. The van der Waals surface area contributed by atoms with Crippen LogP contribution in [0.5, 0.6) is 0 Å². The first kappa shape index (κ1) is 12.4. The molecule has 0 bridgehead atoms. The summed E-state index contributed by atoms with van der Waals surface area (Å²) in [5, 5.41) is 5.66. The van der Waals surface area contributed by atoms with Crippen LogP contribution < -0.4 is 5.32 Å². The fourth-order valence-electron chi connectivity index (χ4n) is 2.01. The van der Waals surface area contributed by atoms with Gasteiger partial charge in [0.05, 0.1) is 6.54 Å². The molecule has 0 aliphatic heterocycles. The van der Waals surface area contributed by atoms with Crippen LogP contribution in [0.2, 0.25) is 0 Å². The summed E-state index contributed by atoms with van der Waals surface area (Å²) in [6, 6.07) is 10.2. The van der Waals surface area contributed by atoms with Crippen LogP contribution in [-0.2, 0) is 19.5 Å². The van der Waals surface area contributed by atoms with E-state index >= 15 is 0 Å². The van der Waals surface area contributed by atoms with Gasteiger partial charge >= 0.3 is 0 Å². The summed E-state index contributed by atoms with van der Waals surface area (Å²) in [6.45, 7) is 3.68. The smallest absolute Gasteiger partial charge is 0.134 e. The van der Waals surface area contributed by atoms with Crippen molar-refractivity contribution in [2.75, 3.05) is 0 Å². The van der Waals surface area contributed by atoms with E-state index in [1.165, 1.54) is 4.88 Å². The van der Waals surface area contributed by atoms with Gasteiger partial charge in [-0.2, -0.15) is 0 Å². The lowest BCUT2D eigenvalue weighted by Crippen LogP contribution is -2.11. The van der Waals surface area contributed by atoms with E-state index in [0.29, 0.717) is 0 Å². The molecule has 0 atom stereocenters. The third-order valence-corrected chi connectivity index (χ3v) is 4.14. The molecule has 0 aliphatic carbocycles. The first-order valence-corrected chi connectivity index (χ1v) is 7.28. The highest BCUT2D eigenvalue weighted by Gasteiger charge is 2.04. The number of furan rings is 1. The molecule has 3 aromatic rings. The fourth-order valence-corrected chi connectivity index (χ4v) is 2.84. The van der Waals surface area contributed by atoms with Crippen LogP contribution in [-0.4, -0.2) is 4.98 Å². The standard InChI is InChI=1S/C15H16N2OS/c1-2-13-9-17-15(19-13)10-16-8-12-7-11-5-3-4-6-14(11)18-12/h3-7,9,16H,2,8,10H2,1H3. The van der Waals surface area contributed by atoms with Gasteiger partial charge in [0.15, 0.2) is 0 Å². The summed E-state index contributed by atoms with van der Waals surface area (Å²) < 4.78 is 5.75. The zero-order chi connectivity index (χ0) is 13.1. The molecule has 0 fully saturated rings. The van der Waals surface area contributed by atoms with Gasteiger partial charge in [-0.3, -0.25) is 0 Å². The second-order valence-electron chi connectivity index (χ2n) is 4.43. The minimum absolute atomic E-state index is 0.732. The molecule has 0 amide bonds. The number of thiazole rings is 1. The van der Waals surface area contributed by atoms with E-state index in [1.807, 2.05) is 24.4 Å². The van der Waals surface area contributed by atoms with Gasteiger partial charge < -0.3 is 9.73 Å². The molecule has 2 aromatic heterocycles. The van der Waals surface area contributed by atoms with Gasteiger partial charge in [-0.25, -0.2) is 4.98 Å². The van der Waals surface area contributed by atoms with E-state index in [9.17, 15) is 0 Å². The summed E-state index contributed by atoms with van der Waals surface area (Å²) in [7, 11) is 0. The Bertz CT molecular complexity index is 638. The third-order valence-electron chi connectivity index (χ3n) is 3.00. The maximum atomic E-state index is 5.75. The largest absolute Gasteiger partial charge is 0.460 e. The molecule has 3 nitrogen and oxygen atoms in total. The molecular weight excluding hydrogens is 256 g/mol. The van der Waals surface area contributed by atoms with E-state index < -0.39 is 0 Å². The highest BCUT2D eigenvalue weighted by atomic mass is 32.1. The van der Waals surface area contributed by atoms with E-state index in [0.717, 1.165) is 41.2 Å². The molecule has 0 spiro atoms. The zero-order valence-corrected chi connectivity index (χ0v) is 11.7. The third kappa shape index (κ3) is 2.85. The van der Waals surface area contributed by atoms with Crippen molar-refractivity contribution < 1.29 is 4.42 Å². The normalized spacial score (nSPS) is 11.2. The number of para-hydroxylation sites is 1. The van der Waals surface area contributed by atoms with Crippen molar-refractivity contribution in [3.63, 3.8) is 0 Å². The Morgan fingerprint density at radius 1 is 1.26 bits per heavy atom. The van der Waals surface area contributed by atoms with Gasteiger partial charge in [0, 0.05) is 23.0 Å². The van der Waals surface area contributed by atoms with E-state index in [4.69, 9.17) is 4.42 Å². The second-order valence-corrected chi connectivity index (χ2v) is 5.63. The highest BCUT2D eigenvalue weighted by molar-refractivity contribution is 7.11. The monoisotopic (exact) mass is 272 g/mol. The molecule has 19 heavy (non-hydrogen) atoms. The Hall–Kier alpha value is -1.65. The SMILES string of the molecule is CCc1cnc(CNCc2cc3ccccc3o2)s1. The second kappa shape index (κ2) is 5.55. The number of hydrogen-bond acceptors (Lipinski definition) is 4. The van der Waals surface area contributed by atoms with Crippen molar-refractivity contribution in [1.82, 2.24) is 10.3 Å². The molecule has 4 heteroatoms. The van der Waals surface area contributed by atoms with Crippen molar-refractivity contribution in [2.24, 2.45) is 0 Å². The van der Waals surface area contributed by atoms with Gasteiger partial charge in [0.25, 0.3) is 0 Å². The lowest BCUT2D eigenvalue weighted by molar-refractivity contribution is 0.513. The summed E-state index contributed by atoms with van der Waals surface area (Å²) >= 11 is 1.77. The molecule has 1 N–H and O–H groups in total. The summed E-state index contributed by atoms with van der Waals surface area (Å²) in [4.78, 5) is 5.72. The average molecular weight is 272 g/mol.